The smallest absolute Gasteiger partial charge is 0.220 e. The van der Waals surface area contributed by atoms with Gasteiger partial charge in [0, 0.05) is 32.6 Å². The van der Waals surface area contributed by atoms with Crippen LogP contribution in [0.3, 0.4) is 0 Å². The summed E-state index contributed by atoms with van der Waals surface area (Å²) in [5.41, 5.74) is 2.53. The number of carbonyl (C=O) groups excluding carboxylic acids is 1. The molecule has 2 aliphatic heterocycles. The minimum absolute atomic E-state index is 0. The van der Waals surface area contributed by atoms with E-state index in [4.69, 9.17) is 4.74 Å². The van der Waals surface area contributed by atoms with Crippen LogP contribution in [0.1, 0.15) is 30.4 Å². The number of rotatable bonds is 6. The summed E-state index contributed by atoms with van der Waals surface area (Å²) in [7, 11) is 0. The first-order valence-corrected chi connectivity index (χ1v) is 9.15. The average molecular weight is 404 g/mol. The number of ether oxygens (including phenoxy) is 1. The third kappa shape index (κ3) is 7.41. The van der Waals surface area contributed by atoms with E-state index in [1.165, 1.54) is 11.1 Å². The zero-order valence-corrected chi connectivity index (χ0v) is 16.9. The maximum atomic E-state index is 12.2. The number of hydrogen-bond donors (Lipinski definition) is 2. The molecule has 0 aromatic heterocycles. The molecule has 5 nitrogen and oxygen atoms in total. The van der Waals surface area contributed by atoms with Crippen LogP contribution in [0.25, 0.3) is 0 Å². The van der Waals surface area contributed by atoms with Crippen LogP contribution in [0.15, 0.2) is 24.3 Å². The maximum absolute atomic E-state index is 12.2. The summed E-state index contributed by atoms with van der Waals surface area (Å²) in [6.45, 7) is 7.24. The molecule has 0 bridgehead atoms. The first-order valence-electron chi connectivity index (χ1n) is 9.15. The van der Waals surface area contributed by atoms with Gasteiger partial charge in [-0.2, -0.15) is 0 Å². The van der Waals surface area contributed by atoms with Gasteiger partial charge in [-0.3, -0.25) is 9.69 Å². The number of hydrogen-bond acceptors (Lipinski definition) is 4. The Morgan fingerprint density at radius 2 is 1.77 bits per heavy atom. The molecule has 0 aliphatic carbocycles. The third-order valence-corrected chi connectivity index (χ3v) is 5.02. The van der Waals surface area contributed by atoms with E-state index < -0.39 is 0 Å². The Kier molecular flexibility index (Phi) is 11.2. The van der Waals surface area contributed by atoms with Crippen molar-refractivity contribution in [2.75, 3.05) is 39.4 Å². The van der Waals surface area contributed by atoms with Crippen molar-refractivity contribution in [2.45, 2.75) is 32.4 Å². The number of nitrogens with zero attached hydrogens (tertiary/aromatic N) is 1. The van der Waals surface area contributed by atoms with Gasteiger partial charge in [-0.05, 0) is 43.0 Å². The summed E-state index contributed by atoms with van der Waals surface area (Å²) >= 11 is 0. The van der Waals surface area contributed by atoms with Crippen molar-refractivity contribution >= 4 is 30.7 Å². The Hall–Kier alpha value is -0.850. The Bertz CT molecular complexity index is 533. The third-order valence-electron chi connectivity index (χ3n) is 5.02. The molecule has 2 N–H and O–H groups in total. The fraction of sp³-hybridized carbons (Fsp3) is 0.632. The van der Waals surface area contributed by atoms with Gasteiger partial charge in [0.15, 0.2) is 0 Å². The second-order valence-corrected chi connectivity index (χ2v) is 6.83. The molecule has 7 heteroatoms. The second kappa shape index (κ2) is 12.5. The molecule has 1 aromatic carbocycles. The molecule has 3 rings (SSSR count). The lowest BCUT2D eigenvalue weighted by atomic mass is 9.94. The standard InChI is InChI=1S/C19H29N3O2.2ClH/c23-19(13-16-5-7-20-8-6-16)21-14-17-3-1-2-4-18(17)15-22-9-11-24-12-10-22;;/h1-4,16,20H,5-15H2,(H,21,23);2*1H. The fourth-order valence-electron chi connectivity index (χ4n) is 3.50. The van der Waals surface area contributed by atoms with Crippen molar-refractivity contribution in [1.29, 1.82) is 0 Å². The predicted molar refractivity (Wildman–Crippen MR) is 109 cm³/mol. The first kappa shape index (κ1) is 23.2. The molecule has 0 saturated carbocycles. The SMILES string of the molecule is Cl.Cl.O=C(CC1CCNCC1)NCc1ccccc1CN1CCOCC1. The number of amides is 1. The molecule has 0 spiro atoms. The van der Waals surface area contributed by atoms with E-state index in [9.17, 15) is 4.79 Å². The van der Waals surface area contributed by atoms with Gasteiger partial charge in [-0.1, -0.05) is 24.3 Å². The normalized spacial score (nSPS) is 18.5. The molecule has 1 aromatic rings. The zero-order valence-electron chi connectivity index (χ0n) is 15.2. The molecule has 0 unspecified atom stereocenters. The van der Waals surface area contributed by atoms with Crippen molar-refractivity contribution in [3.8, 4) is 0 Å². The summed E-state index contributed by atoms with van der Waals surface area (Å²) < 4.78 is 5.42. The highest BCUT2D eigenvalue weighted by Gasteiger charge is 2.17. The van der Waals surface area contributed by atoms with E-state index in [1.807, 2.05) is 0 Å². The van der Waals surface area contributed by atoms with Crippen molar-refractivity contribution in [2.24, 2.45) is 5.92 Å². The highest BCUT2D eigenvalue weighted by Crippen LogP contribution is 2.16. The number of benzene rings is 1. The minimum atomic E-state index is 0. The summed E-state index contributed by atoms with van der Waals surface area (Å²) in [4.78, 5) is 14.6. The maximum Gasteiger partial charge on any atom is 0.220 e. The quantitative estimate of drug-likeness (QED) is 0.765. The number of morpholine rings is 1. The van der Waals surface area contributed by atoms with Crippen LogP contribution in [0.2, 0.25) is 0 Å². The molecule has 26 heavy (non-hydrogen) atoms. The molecule has 0 atom stereocenters. The molecular formula is C19H31Cl2N3O2. The topological polar surface area (TPSA) is 53.6 Å². The molecule has 2 saturated heterocycles. The van der Waals surface area contributed by atoms with E-state index in [-0.39, 0.29) is 30.7 Å². The molecule has 2 fully saturated rings. The van der Waals surface area contributed by atoms with E-state index in [1.54, 1.807) is 0 Å². The van der Waals surface area contributed by atoms with Gasteiger partial charge in [0.25, 0.3) is 0 Å². The van der Waals surface area contributed by atoms with E-state index in [0.29, 0.717) is 18.9 Å². The highest BCUT2D eigenvalue weighted by atomic mass is 35.5. The summed E-state index contributed by atoms with van der Waals surface area (Å²) in [6.07, 6.45) is 2.88. The van der Waals surface area contributed by atoms with Gasteiger partial charge in [-0.25, -0.2) is 0 Å². The van der Waals surface area contributed by atoms with Gasteiger partial charge >= 0.3 is 0 Å². The Morgan fingerprint density at radius 3 is 2.46 bits per heavy atom. The van der Waals surface area contributed by atoms with Crippen LogP contribution in [-0.2, 0) is 22.6 Å². The summed E-state index contributed by atoms with van der Waals surface area (Å²) in [5, 5.41) is 6.47. The number of nitrogens with one attached hydrogen (secondary N) is 2. The molecule has 0 radical (unpaired) electrons. The largest absolute Gasteiger partial charge is 0.379 e. The van der Waals surface area contributed by atoms with Crippen LogP contribution in [-0.4, -0.2) is 50.2 Å². The molecule has 1 amide bonds. The first-order chi connectivity index (χ1) is 11.8. The van der Waals surface area contributed by atoms with Crippen LogP contribution >= 0.6 is 24.8 Å². The molecule has 2 aliphatic rings. The summed E-state index contributed by atoms with van der Waals surface area (Å²) in [6, 6.07) is 8.43. The Morgan fingerprint density at radius 1 is 1.12 bits per heavy atom. The molecule has 2 heterocycles. The zero-order chi connectivity index (χ0) is 16.6. The number of carbonyl (C=O) groups is 1. The fourth-order valence-corrected chi connectivity index (χ4v) is 3.50. The second-order valence-electron chi connectivity index (χ2n) is 6.83. The highest BCUT2D eigenvalue weighted by molar-refractivity contribution is 5.85. The van der Waals surface area contributed by atoms with Gasteiger partial charge in [0.05, 0.1) is 13.2 Å². The molecular weight excluding hydrogens is 373 g/mol. The van der Waals surface area contributed by atoms with E-state index >= 15 is 0 Å². The van der Waals surface area contributed by atoms with Gasteiger partial charge in [0.2, 0.25) is 5.91 Å². The van der Waals surface area contributed by atoms with E-state index in [0.717, 1.165) is 58.8 Å². The lowest BCUT2D eigenvalue weighted by molar-refractivity contribution is -0.122. The Balaban J connectivity index is 0.00000169. The monoisotopic (exact) mass is 403 g/mol. The average Bonchev–Trinajstić information content (AvgIpc) is 2.63. The lowest BCUT2D eigenvalue weighted by Gasteiger charge is -2.27. The molecule has 148 valence electrons. The number of halogens is 2. The summed E-state index contributed by atoms with van der Waals surface area (Å²) in [5.74, 6) is 0.720. The van der Waals surface area contributed by atoms with Gasteiger partial charge in [-0.15, -0.1) is 24.8 Å². The van der Waals surface area contributed by atoms with Gasteiger partial charge < -0.3 is 15.4 Å². The lowest BCUT2D eigenvalue weighted by Crippen LogP contribution is -2.36. The van der Waals surface area contributed by atoms with E-state index in [2.05, 4.69) is 39.8 Å². The minimum Gasteiger partial charge on any atom is -0.379 e. The van der Waals surface area contributed by atoms with Crippen LogP contribution in [0.5, 0.6) is 0 Å². The van der Waals surface area contributed by atoms with Gasteiger partial charge in [0.1, 0.15) is 0 Å². The van der Waals surface area contributed by atoms with Crippen molar-refractivity contribution in [3.05, 3.63) is 35.4 Å². The van der Waals surface area contributed by atoms with Crippen LogP contribution < -0.4 is 10.6 Å². The van der Waals surface area contributed by atoms with Crippen molar-refractivity contribution < 1.29 is 9.53 Å². The predicted octanol–water partition coefficient (Wildman–Crippen LogP) is 2.37. The Labute approximate surface area is 169 Å². The van der Waals surface area contributed by atoms with Crippen molar-refractivity contribution in [3.63, 3.8) is 0 Å². The number of piperidine rings is 1. The van der Waals surface area contributed by atoms with Crippen LogP contribution in [0, 0.1) is 5.92 Å². The van der Waals surface area contributed by atoms with Crippen molar-refractivity contribution in [1.82, 2.24) is 15.5 Å². The van der Waals surface area contributed by atoms with Crippen LogP contribution in [0.4, 0.5) is 0 Å².